The molecular weight excluding hydrogens is 412 g/mol. The molecule has 0 aliphatic carbocycles. The summed E-state index contributed by atoms with van der Waals surface area (Å²) < 4.78 is 1.61. The van der Waals surface area contributed by atoms with Gasteiger partial charge in [0.2, 0.25) is 0 Å². The molecule has 0 saturated heterocycles. The lowest BCUT2D eigenvalue weighted by atomic mass is 10.1. The van der Waals surface area contributed by atoms with Crippen molar-refractivity contribution in [2.45, 2.75) is 20.4 Å². The lowest BCUT2D eigenvalue weighted by Gasteiger charge is -2.10. The Labute approximate surface area is 183 Å². The predicted octanol–water partition coefficient (Wildman–Crippen LogP) is 5.44. The van der Waals surface area contributed by atoms with Crippen molar-refractivity contribution in [3.8, 4) is 10.4 Å². The molecule has 4 aromatic rings. The van der Waals surface area contributed by atoms with E-state index in [0.29, 0.717) is 23.5 Å². The van der Waals surface area contributed by atoms with Crippen LogP contribution < -0.4 is 5.32 Å². The number of carbonyl (C=O) groups excluding carboxylic acids is 1. The van der Waals surface area contributed by atoms with Crippen LogP contribution in [0.3, 0.4) is 0 Å². The first-order valence-electron chi connectivity index (χ1n) is 9.65. The second kappa shape index (κ2) is 8.53. The van der Waals surface area contributed by atoms with Crippen molar-refractivity contribution in [3.05, 3.63) is 98.7 Å². The normalized spacial score (nSPS) is 10.8. The standard InChI is InChI=1S/C23H20N4O3S/c1-15-22(27(29)30)16(2)26(25-15)14-17-9-11-18(12-10-17)23(28)24-20-7-4-3-6-19(20)21-8-5-13-31-21/h3-13H,14H2,1-2H3,(H,24,28). The quantitative estimate of drug-likeness (QED) is 0.325. The number of hydrogen-bond acceptors (Lipinski definition) is 5. The van der Waals surface area contributed by atoms with Gasteiger partial charge in [-0.05, 0) is 49.1 Å². The molecular formula is C23H20N4O3S. The summed E-state index contributed by atoms with van der Waals surface area (Å²) >= 11 is 1.62. The Hall–Kier alpha value is -3.78. The number of benzene rings is 2. The third-order valence-electron chi connectivity index (χ3n) is 5.04. The SMILES string of the molecule is Cc1nn(Cc2ccc(C(=O)Nc3ccccc3-c3cccs3)cc2)c(C)c1[N+](=O)[O-]. The van der Waals surface area contributed by atoms with Gasteiger partial charge in [0.25, 0.3) is 5.91 Å². The molecule has 8 heteroatoms. The summed E-state index contributed by atoms with van der Waals surface area (Å²) in [5.74, 6) is -0.197. The van der Waals surface area contributed by atoms with E-state index in [9.17, 15) is 14.9 Å². The highest BCUT2D eigenvalue weighted by molar-refractivity contribution is 7.13. The van der Waals surface area contributed by atoms with E-state index >= 15 is 0 Å². The maximum absolute atomic E-state index is 12.8. The van der Waals surface area contributed by atoms with E-state index in [1.807, 2.05) is 53.9 Å². The summed E-state index contributed by atoms with van der Waals surface area (Å²) in [5, 5.41) is 20.5. The van der Waals surface area contributed by atoms with Crippen molar-refractivity contribution in [1.82, 2.24) is 9.78 Å². The fraction of sp³-hybridized carbons (Fsp3) is 0.130. The molecule has 2 heterocycles. The van der Waals surface area contributed by atoms with Gasteiger partial charge in [-0.15, -0.1) is 11.3 Å². The Morgan fingerprint density at radius 3 is 2.48 bits per heavy atom. The first-order valence-corrected chi connectivity index (χ1v) is 10.5. The molecule has 7 nitrogen and oxygen atoms in total. The van der Waals surface area contributed by atoms with E-state index in [4.69, 9.17) is 0 Å². The molecule has 0 fully saturated rings. The van der Waals surface area contributed by atoms with E-state index in [2.05, 4.69) is 10.4 Å². The molecule has 4 rings (SSSR count). The summed E-state index contributed by atoms with van der Waals surface area (Å²) in [6.45, 7) is 3.71. The van der Waals surface area contributed by atoms with Crippen molar-refractivity contribution in [2.24, 2.45) is 0 Å². The number of amides is 1. The predicted molar refractivity (Wildman–Crippen MR) is 122 cm³/mol. The summed E-state index contributed by atoms with van der Waals surface area (Å²) in [6.07, 6.45) is 0. The molecule has 2 aromatic carbocycles. The third-order valence-corrected chi connectivity index (χ3v) is 5.94. The average Bonchev–Trinajstić information content (AvgIpc) is 3.37. The van der Waals surface area contributed by atoms with Gasteiger partial charge in [0, 0.05) is 21.7 Å². The zero-order valence-electron chi connectivity index (χ0n) is 17.0. The molecule has 0 radical (unpaired) electrons. The number of nitro groups is 1. The van der Waals surface area contributed by atoms with Crippen LogP contribution in [0.5, 0.6) is 0 Å². The fourth-order valence-corrected chi connectivity index (χ4v) is 4.24. The second-order valence-corrected chi connectivity index (χ2v) is 8.06. The number of aromatic nitrogens is 2. The number of anilines is 1. The Balaban J connectivity index is 1.50. The molecule has 1 N–H and O–H groups in total. The molecule has 0 bridgehead atoms. The summed E-state index contributed by atoms with van der Waals surface area (Å²) in [4.78, 5) is 24.6. The minimum atomic E-state index is -0.407. The van der Waals surface area contributed by atoms with Crippen LogP contribution in [-0.4, -0.2) is 20.6 Å². The van der Waals surface area contributed by atoms with Crippen LogP contribution >= 0.6 is 11.3 Å². The van der Waals surface area contributed by atoms with E-state index in [1.165, 1.54) is 0 Å². The molecule has 0 aliphatic heterocycles. The van der Waals surface area contributed by atoms with Crippen molar-refractivity contribution in [1.29, 1.82) is 0 Å². The third kappa shape index (κ3) is 4.24. The lowest BCUT2D eigenvalue weighted by Crippen LogP contribution is -2.12. The molecule has 2 aromatic heterocycles. The van der Waals surface area contributed by atoms with Gasteiger partial charge in [0.05, 0.1) is 11.5 Å². The second-order valence-electron chi connectivity index (χ2n) is 7.11. The highest BCUT2D eigenvalue weighted by Crippen LogP contribution is 2.31. The summed E-state index contributed by atoms with van der Waals surface area (Å²) in [5.41, 5.74) is 4.11. The first kappa shape index (κ1) is 20.5. The minimum Gasteiger partial charge on any atom is -0.321 e. The van der Waals surface area contributed by atoms with Crippen molar-refractivity contribution < 1.29 is 9.72 Å². The Kier molecular flexibility index (Phi) is 5.64. The Morgan fingerprint density at radius 1 is 1.10 bits per heavy atom. The molecule has 0 aliphatic rings. The van der Waals surface area contributed by atoms with Crippen LogP contribution in [0.25, 0.3) is 10.4 Å². The molecule has 31 heavy (non-hydrogen) atoms. The van der Waals surface area contributed by atoms with Crippen LogP contribution in [0.1, 0.15) is 27.3 Å². The Morgan fingerprint density at radius 2 is 1.84 bits per heavy atom. The van der Waals surface area contributed by atoms with Crippen molar-refractivity contribution >= 4 is 28.6 Å². The van der Waals surface area contributed by atoms with Crippen LogP contribution in [0.4, 0.5) is 11.4 Å². The maximum Gasteiger partial charge on any atom is 0.312 e. The largest absolute Gasteiger partial charge is 0.321 e. The van der Waals surface area contributed by atoms with E-state index < -0.39 is 4.92 Å². The van der Waals surface area contributed by atoms with E-state index in [-0.39, 0.29) is 11.6 Å². The molecule has 0 saturated carbocycles. The molecule has 1 amide bonds. The Bertz CT molecular complexity index is 1240. The summed E-state index contributed by atoms with van der Waals surface area (Å²) in [7, 11) is 0. The monoisotopic (exact) mass is 432 g/mol. The van der Waals surface area contributed by atoms with Crippen LogP contribution in [0, 0.1) is 24.0 Å². The summed E-state index contributed by atoms with van der Waals surface area (Å²) in [6, 6.07) is 18.9. The zero-order valence-corrected chi connectivity index (χ0v) is 17.8. The van der Waals surface area contributed by atoms with Gasteiger partial charge in [-0.1, -0.05) is 36.4 Å². The van der Waals surface area contributed by atoms with E-state index in [0.717, 1.165) is 21.7 Å². The average molecular weight is 433 g/mol. The number of nitrogens with one attached hydrogen (secondary N) is 1. The number of aryl methyl sites for hydroxylation is 1. The van der Waals surface area contributed by atoms with Gasteiger partial charge in [0.15, 0.2) is 0 Å². The number of rotatable bonds is 6. The van der Waals surface area contributed by atoms with Gasteiger partial charge in [0.1, 0.15) is 11.4 Å². The van der Waals surface area contributed by atoms with Crippen LogP contribution in [0.2, 0.25) is 0 Å². The van der Waals surface area contributed by atoms with Gasteiger partial charge in [-0.2, -0.15) is 5.10 Å². The van der Waals surface area contributed by atoms with Crippen molar-refractivity contribution in [2.75, 3.05) is 5.32 Å². The maximum atomic E-state index is 12.8. The lowest BCUT2D eigenvalue weighted by molar-refractivity contribution is -0.386. The topological polar surface area (TPSA) is 90.1 Å². The first-order chi connectivity index (χ1) is 14.9. The zero-order chi connectivity index (χ0) is 22.0. The van der Waals surface area contributed by atoms with Gasteiger partial charge < -0.3 is 5.32 Å². The van der Waals surface area contributed by atoms with Gasteiger partial charge in [-0.3, -0.25) is 19.6 Å². The highest BCUT2D eigenvalue weighted by Gasteiger charge is 2.21. The number of thiophene rings is 1. The van der Waals surface area contributed by atoms with E-state index in [1.54, 1.807) is 42.0 Å². The number of carbonyl (C=O) groups is 1. The molecule has 0 spiro atoms. The van der Waals surface area contributed by atoms with Crippen LogP contribution in [0.15, 0.2) is 66.0 Å². The number of nitrogens with zero attached hydrogens (tertiary/aromatic N) is 3. The van der Waals surface area contributed by atoms with Crippen molar-refractivity contribution in [3.63, 3.8) is 0 Å². The minimum absolute atomic E-state index is 0.0420. The fourth-order valence-electron chi connectivity index (χ4n) is 3.47. The smallest absolute Gasteiger partial charge is 0.312 e. The molecule has 0 atom stereocenters. The molecule has 0 unspecified atom stereocenters. The number of para-hydroxylation sites is 1. The molecule has 156 valence electrons. The highest BCUT2D eigenvalue weighted by atomic mass is 32.1. The number of hydrogen-bond donors (Lipinski definition) is 1. The van der Waals surface area contributed by atoms with Gasteiger partial charge >= 0.3 is 5.69 Å². The van der Waals surface area contributed by atoms with Crippen LogP contribution in [-0.2, 0) is 6.54 Å². The van der Waals surface area contributed by atoms with Gasteiger partial charge in [-0.25, -0.2) is 0 Å².